The van der Waals surface area contributed by atoms with Crippen LogP contribution >= 0.6 is 11.6 Å². The summed E-state index contributed by atoms with van der Waals surface area (Å²) >= 11 is 5.95. The number of para-hydroxylation sites is 2. The summed E-state index contributed by atoms with van der Waals surface area (Å²) in [7, 11) is 1.59. The molecule has 2 aromatic rings. The second kappa shape index (κ2) is 4.97. The number of nitrogen functional groups attached to an aromatic ring is 1. The Bertz CT molecular complexity index is 529. The van der Waals surface area contributed by atoms with Crippen LogP contribution in [-0.4, -0.2) is 7.11 Å². The van der Waals surface area contributed by atoms with E-state index in [0.717, 1.165) is 11.4 Å². The van der Waals surface area contributed by atoms with Gasteiger partial charge in [0.15, 0.2) is 0 Å². The molecule has 0 bridgehead atoms. The monoisotopic (exact) mass is 248 g/mol. The van der Waals surface area contributed by atoms with Crippen LogP contribution in [0, 0.1) is 0 Å². The predicted molar refractivity (Wildman–Crippen MR) is 72.1 cm³/mol. The third kappa shape index (κ3) is 2.63. The third-order valence-electron chi connectivity index (χ3n) is 2.39. The van der Waals surface area contributed by atoms with E-state index in [1.807, 2.05) is 36.4 Å². The number of rotatable bonds is 3. The average molecular weight is 249 g/mol. The van der Waals surface area contributed by atoms with E-state index >= 15 is 0 Å². The van der Waals surface area contributed by atoms with E-state index in [1.54, 1.807) is 13.2 Å². The van der Waals surface area contributed by atoms with Crippen molar-refractivity contribution < 1.29 is 4.74 Å². The zero-order chi connectivity index (χ0) is 12.3. The number of hydrogen-bond donors (Lipinski definition) is 2. The minimum Gasteiger partial charge on any atom is -0.495 e. The second-order valence-corrected chi connectivity index (χ2v) is 3.97. The molecule has 0 aliphatic heterocycles. The van der Waals surface area contributed by atoms with Gasteiger partial charge in [0.1, 0.15) is 5.75 Å². The molecule has 0 saturated carbocycles. The average Bonchev–Trinajstić information content (AvgIpc) is 2.34. The normalized spacial score (nSPS) is 10.0. The highest BCUT2D eigenvalue weighted by Gasteiger charge is 2.03. The first kappa shape index (κ1) is 11.6. The van der Waals surface area contributed by atoms with E-state index in [2.05, 4.69) is 5.32 Å². The molecule has 4 heteroatoms. The van der Waals surface area contributed by atoms with Crippen LogP contribution in [0.4, 0.5) is 17.1 Å². The molecule has 3 nitrogen and oxygen atoms in total. The first-order valence-corrected chi connectivity index (χ1v) is 5.53. The molecule has 0 radical (unpaired) electrons. The van der Waals surface area contributed by atoms with E-state index in [-0.39, 0.29) is 0 Å². The summed E-state index contributed by atoms with van der Waals surface area (Å²) in [5, 5.41) is 3.79. The number of ether oxygens (including phenoxy) is 1. The van der Waals surface area contributed by atoms with E-state index in [4.69, 9.17) is 22.1 Å². The minimum atomic E-state index is 0.582. The van der Waals surface area contributed by atoms with Crippen LogP contribution < -0.4 is 15.8 Å². The number of nitrogens with one attached hydrogen (secondary N) is 1. The third-order valence-corrected chi connectivity index (χ3v) is 2.70. The minimum absolute atomic E-state index is 0.582. The van der Waals surface area contributed by atoms with Crippen molar-refractivity contribution in [2.75, 3.05) is 18.2 Å². The first-order valence-electron chi connectivity index (χ1n) is 5.16. The van der Waals surface area contributed by atoms with Crippen molar-refractivity contribution in [3.05, 3.63) is 47.5 Å². The molecule has 0 spiro atoms. The fourth-order valence-electron chi connectivity index (χ4n) is 1.50. The van der Waals surface area contributed by atoms with Gasteiger partial charge in [-0.3, -0.25) is 0 Å². The molecule has 0 aromatic heterocycles. The topological polar surface area (TPSA) is 47.3 Å². The Balaban J connectivity index is 2.28. The summed E-state index contributed by atoms with van der Waals surface area (Å²) in [5.74, 6) is 0.631. The predicted octanol–water partition coefficient (Wildman–Crippen LogP) is 3.67. The molecule has 2 rings (SSSR count). The van der Waals surface area contributed by atoms with Crippen LogP contribution in [0.25, 0.3) is 0 Å². The highest BCUT2D eigenvalue weighted by Crippen LogP contribution is 2.30. The molecule has 0 saturated heterocycles. The van der Waals surface area contributed by atoms with E-state index in [1.165, 1.54) is 0 Å². The highest BCUT2D eigenvalue weighted by molar-refractivity contribution is 6.32. The van der Waals surface area contributed by atoms with Crippen LogP contribution in [0.5, 0.6) is 5.75 Å². The molecular weight excluding hydrogens is 236 g/mol. The lowest BCUT2D eigenvalue weighted by atomic mass is 10.2. The molecule has 0 amide bonds. The van der Waals surface area contributed by atoms with Crippen LogP contribution in [0.1, 0.15) is 0 Å². The van der Waals surface area contributed by atoms with E-state index < -0.39 is 0 Å². The first-order chi connectivity index (χ1) is 8.20. The Hall–Kier alpha value is -1.87. The molecule has 88 valence electrons. The lowest BCUT2D eigenvalue weighted by Gasteiger charge is -2.11. The standard InChI is InChI=1S/C13H13ClN2O/c1-17-13-8-9(6-7-10(13)14)16-12-5-3-2-4-11(12)15/h2-8,16H,15H2,1H3. The van der Waals surface area contributed by atoms with Gasteiger partial charge < -0.3 is 15.8 Å². The van der Waals surface area contributed by atoms with Gasteiger partial charge in [0.05, 0.1) is 23.5 Å². The lowest BCUT2D eigenvalue weighted by molar-refractivity contribution is 0.415. The van der Waals surface area contributed by atoms with Crippen molar-refractivity contribution in [1.82, 2.24) is 0 Å². The molecule has 0 fully saturated rings. The molecule has 0 aliphatic carbocycles. The van der Waals surface area contributed by atoms with Gasteiger partial charge in [0.25, 0.3) is 0 Å². The summed E-state index contributed by atoms with van der Waals surface area (Å²) in [6, 6.07) is 13.1. The maximum absolute atomic E-state index is 5.95. The SMILES string of the molecule is COc1cc(Nc2ccccc2N)ccc1Cl. The number of anilines is 3. The van der Waals surface area contributed by atoms with Gasteiger partial charge in [-0.25, -0.2) is 0 Å². The van der Waals surface area contributed by atoms with Gasteiger partial charge in [-0.2, -0.15) is 0 Å². The molecular formula is C13H13ClN2O. The lowest BCUT2D eigenvalue weighted by Crippen LogP contribution is -1.96. The van der Waals surface area contributed by atoms with Gasteiger partial charge in [0, 0.05) is 11.8 Å². The Labute approximate surface area is 105 Å². The van der Waals surface area contributed by atoms with Crippen molar-refractivity contribution in [3.63, 3.8) is 0 Å². The summed E-state index contributed by atoms with van der Waals surface area (Å²) in [6.45, 7) is 0. The number of hydrogen-bond acceptors (Lipinski definition) is 3. The number of halogens is 1. The van der Waals surface area contributed by atoms with Gasteiger partial charge in [-0.15, -0.1) is 0 Å². The zero-order valence-corrected chi connectivity index (χ0v) is 10.2. The van der Waals surface area contributed by atoms with Crippen molar-refractivity contribution >= 4 is 28.7 Å². The van der Waals surface area contributed by atoms with E-state index in [0.29, 0.717) is 16.5 Å². The molecule has 2 aromatic carbocycles. The number of methoxy groups -OCH3 is 1. The van der Waals surface area contributed by atoms with Gasteiger partial charge in [-0.05, 0) is 24.3 Å². The van der Waals surface area contributed by atoms with E-state index in [9.17, 15) is 0 Å². The second-order valence-electron chi connectivity index (χ2n) is 3.56. The molecule has 17 heavy (non-hydrogen) atoms. The molecule has 0 aliphatic rings. The molecule has 3 N–H and O–H groups in total. The van der Waals surface area contributed by atoms with Gasteiger partial charge in [0.2, 0.25) is 0 Å². The molecule has 0 heterocycles. The Morgan fingerprint density at radius 2 is 1.94 bits per heavy atom. The van der Waals surface area contributed by atoms with Crippen molar-refractivity contribution in [2.45, 2.75) is 0 Å². The summed E-state index contributed by atoms with van der Waals surface area (Å²) in [6.07, 6.45) is 0. The fourth-order valence-corrected chi connectivity index (χ4v) is 1.70. The van der Waals surface area contributed by atoms with Crippen LogP contribution in [0.3, 0.4) is 0 Å². The Morgan fingerprint density at radius 1 is 1.18 bits per heavy atom. The maximum atomic E-state index is 5.95. The quantitative estimate of drug-likeness (QED) is 0.815. The van der Waals surface area contributed by atoms with Gasteiger partial charge >= 0.3 is 0 Å². The Morgan fingerprint density at radius 3 is 2.65 bits per heavy atom. The largest absolute Gasteiger partial charge is 0.495 e. The van der Waals surface area contributed by atoms with Crippen molar-refractivity contribution in [2.24, 2.45) is 0 Å². The maximum Gasteiger partial charge on any atom is 0.139 e. The Kier molecular flexibility index (Phi) is 3.40. The number of nitrogens with two attached hydrogens (primary N) is 1. The smallest absolute Gasteiger partial charge is 0.139 e. The zero-order valence-electron chi connectivity index (χ0n) is 9.41. The summed E-state index contributed by atoms with van der Waals surface area (Å²) in [4.78, 5) is 0. The molecule has 0 unspecified atom stereocenters. The fraction of sp³-hybridized carbons (Fsp3) is 0.0769. The van der Waals surface area contributed by atoms with Crippen LogP contribution in [0.15, 0.2) is 42.5 Å². The van der Waals surface area contributed by atoms with Crippen LogP contribution in [0.2, 0.25) is 5.02 Å². The highest BCUT2D eigenvalue weighted by atomic mass is 35.5. The summed E-state index contributed by atoms with van der Waals surface area (Å²) in [5.41, 5.74) is 8.28. The van der Waals surface area contributed by atoms with Crippen molar-refractivity contribution in [1.29, 1.82) is 0 Å². The molecule has 0 atom stereocenters. The number of benzene rings is 2. The summed E-state index contributed by atoms with van der Waals surface area (Å²) < 4.78 is 5.15. The van der Waals surface area contributed by atoms with Crippen molar-refractivity contribution in [3.8, 4) is 5.75 Å². The van der Waals surface area contributed by atoms with Crippen LogP contribution in [-0.2, 0) is 0 Å². The van der Waals surface area contributed by atoms with Gasteiger partial charge in [-0.1, -0.05) is 23.7 Å².